The predicted octanol–water partition coefficient (Wildman–Crippen LogP) is 8.30. The van der Waals surface area contributed by atoms with Gasteiger partial charge in [-0.2, -0.15) is 11.8 Å². The summed E-state index contributed by atoms with van der Waals surface area (Å²) < 4.78 is 0. The Morgan fingerprint density at radius 3 is 1.13 bits per heavy atom. The number of unbranched alkanes of at least 4 members (excludes halogenated alkanes) is 10. The van der Waals surface area contributed by atoms with E-state index in [9.17, 15) is 10.2 Å². The Morgan fingerprint density at radius 2 is 0.742 bits per heavy atom. The van der Waals surface area contributed by atoms with Crippen LogP contribution in [0, 0.1) is 0 Å². The van der Waals surface area contributed by atoms with Gasteiger partial charge in [0.2, 0.25) is 0 Å². The quantitative estimate of drug-likeness (QED) is 0.228. The van der Waals surface area contributed by atoms with Gasteiger partial charge in [0.05, 0.1) is 0 Å². The van der Waals surface area contributed by atoms with E-state index in [0.717, 1.165) is 12.8 Å². The van der Waals surface area contributed by atoms with Crippen LogP contribution in [-0.2, 0) is 12.8 Å². The van der Waals surface area contributed by atoms with Crippen molar-refractivity contribution in [1.29, 1.82) is 0 Å². The highest BCUT2D eigenvalue weighted by atomic mass is 32.2. The molecule has 0 radical (unpaired) electrons. The second kappa shape index (κ2) is 17.0. The van der Waals surface area contributed by atoms with E-state index in [4.69, 9.17) is 0 Å². The zero-order valence-electron chi connectivity index (χ0n) is 19.2. The summed E-state index contributed by atoms with van der Waals surface area (Å²) in [6.45, 7) is 0. The van der Waals surface area contributed by atoms with Crippen LogP contribution >= 0.6 is 11.8 Å². The fraction of sp³-hybridized carbons (Fsp3) is 0.571. The molecule has 2 N–H and O–H groups in total. The number of hydrogen-bond acceptors (Lipinski definition) is 3. The molecule has 0 amide bonds. The third-order valence-corrected chi connectivity index (χ3v) is 7.04. The maximum absolute atomic E-state index is 9.30. The first-order valence-corrected chi connectivity index (χ1v) is 13.5. The van der Waals surface area contributed by atoms with E-state index in [1.165, 1.54) is 99.7 Å². The van der Waals surface area contributed by atoms with E-state index in [2.05, 4.69) is 11.8 Å². The molecule has 2 rings (SSSR count). The third-order valence-electron chi connectivity index (χ3n) is 5.88. The summed E-state index contributed by atoms with van der Waals surface area (Å²) in [4.78, 5) is 0. The van der Waals surface area contributed by atoms with Crippen LogP contribution in [0.4, 0.5) is 0 Å². The number of phenols is 2. The molecule has 2 aromatic rings. The van der Waals surface area contributed by atoms with Gasteiger partial charge in [0.15, 0.2) is 0 Å². The zero-order chi connectivity index (χ0) is 22.0. The molecule has 0 bridgehead atoms. The lowest BCUT2D eigenvalue weighted by molar-refractivity contribution is 0.474. The van der Waals surface area contributed by atoms with E-state index < -0.39 is 0 Å². The number of benzene rings is 2. The van der Waals surface area contributed by atoms with Crippen molar-refractivity contribution >= 4 is 11.8 Å². The number of hydrogen-bond donors (Lipinski definition) is 2. The van der Waals surface area contributed by atoms with Gasteiger partial charge in [-0.15, -0.1) is 0 Å². The number of aromatic hydroxyl groups is 2. The number of phenolic OH excluding ortho intramolecular Hbond substituents is 2. The second-order valence-electron chi connectivity index (χ2n) is 8.69. The Labute approximate surface area is 194 Å². The minimum absolute atomic E-state index is 0.361. The summed E-state index contributed by atoms with van der Waals surface area (Å²) in [5.41, 5.74) is 2.67. The fourth-order valence-electron chi connectivity index (χ4n) is 3.91. The van der Waals surface area contributed by atoms with Crippen molar-refractivity contribution < 1.29 is 10.2 Å². The number of aryl methyl sites for hydroxylation is 2. The summed E-state index contributed by atoms with van der Waals surface area (Å²) in [6, 6.07) is 15.3. The first kappa shape index (κ1) is 25.6. The molecule has 0 spiro atoms. The molecule has 0 aromatic heterocycles. The van der Waals surface area contributed by atoms with Crippen LogP contribution in [0.15, 0.2) is 48.5 Å². The van der Waals surface area contributed by atoms with Crippen LogP contribution in [0.1, 0.15) is 88.2 Å². The average molecular weight is 443 g/mol. The number of thioether (sulfide) groups is 1. The lowest BCUT2D eigenvalue weighted by Gasteiger charge is -2.04. The van der Waals surface area contributed by atoms with Gasteiger partial charge in [0.1, 0.15) is 11.5 Å². The first-order valence-electron chi connectivity index (χ1n) is 12.4. The maximum Gasteiger partial charge on any atom is 0.115 e. The van der Waals surface area contributed by atoms with Crippen molar-refractivity contribution in [2.24, 2.45) is 0 Å². The van der Waals surface area contributed by atoms with Gasteiger partial charge in [0.25, 0.3) is 0 Å². The lowest BCUT2D eigenvalue weighted by Crippen LogP contribution is -1.88. The van der Waals surface area contributed by atoms with Crippen LogP contribution in [0.2, 0.25) is 0 Å². The molecular weight excluding hydrogens is 400 g/mol. The molecule has 2 nitrogen and oxygen atoms in total. The summed E-state index contributed by atoms with van der Waals surface area (Å²) in [5.74, 6) is 3.39. The van der Waals surface area contributed by atoms with E-state index in [0.29, 0.717) is 11.5 Å². The third kappa shape index (κ3) is 13.4. The predicted molar refractivity (Wildman–Crippen MR) is 136 cm³/mol. The number of rotatable bonds is 18. The van der Waals surface area contributed by atoms with Crippen LogP contribution < -0.4 is 0 Å². The Balaban J connectivity index is 1.26. The van der Waals surface area contributed by atoms with Gasteiger partial charge in [-0.1, -0.05) is 75.6 Å². The maximum atomic E-state index is 9.30. The Kier molecular flexibility index (Phi) is 14.1. The zero-order valence-corrected chi connectivity index (χ0v) is 20.1. The van der Waals surface area contributed by atoms with E-state index in [-0.39, 0.29) is 0 Å². The van der Waals surface area contributed by atoms with Crippen LogP contribution in [0.5, 0.6) is 11.5 Å². The normalized spacial score (nSPS) is 11.1. The minimum Gasteiger partial charge on any atom is -0.508 e. The Bertz CT molecular complexity index is 607. The largest absolute Gasteiger partial charge is 0.508 e. The lowest BCUT2D eigenvalue weighted by atomic mass is 10.0. The smallest absolute Gasteiger partial charge is 0.115 e. The summed E-state index contributed by atoms with van der Waals surface area (Å²) in [7, 11) is 0. The molecule has 0 saturated carbocycles. The van der Waals surface area contributed by atoms with Gasteiger partial charge in [-0.3, -0.25) is 0 Å². The van der Waals surface area contributed by atoms with Crippen LogP contribution in [0.25, 0.3) is 0 Å². The molecule has 31 heavy (non-hydrogen) atoms. The molecule has 2 aromatic carbocycles. The highest BCUT2D eigenvalue weighted by molar-refractivity contribution is 7.99. The van der Waals surface area contributed by atoms with Crippen molar-refractivity contribution in [2.75, 3.05) is 11.5 Å². The van der Waals surface area contributed by atoms with Crippen LogP contribution in [0.3, 0.4) is 0 Å². The molecule has 0 saturated heterocycles. The van der Waals surface area contributed by atoms with Crippen molar-refractivity contribution in [3.8, 4) is 11.5 Å². The molecule has 0 heterocycles. The molecule has 0 aliphatic heterocycles. The molecule has 0 aliphatic carbocycles. The van der Waals surface area contributed by atoms with Gasteiger partial charge < -0.3 is 10.2 Å². The molecule has 0 aliphatic rings. The van der Waals surface area contributed by atoms with Gasteiger partial charge in [0, 0.05) is 0 Å². The Morgan fingerprint density at radius 1 is 0.419 bits per heavy atom. The van der Waals surface area contributed by atoms with E-state index in [1.54, 1.807) is 24.3 Å². The van der Waals surface area contributed by atoms with E-state index >= 15 is 0 Å². The van der Waals surface area contributed by atoms with Crippen molar-refractivity contribution in [3.63, 3.8) is 0 Å². The van der Waals surface area contributed by atoms with Gasteiger partial charge in [-0.25, -0.2) is 0 Å². The van der Waals surface area contributed by atoms with Crippen molar-refractivity contribution in [3.05, 3.63) is 59.7 Å². The Hall–Kier alpha value is -1.61. The van der Waals surface area contributed by atoms with Gasteiger partial charge >= 0.3 is 0 Å². The molecule has 3 heteroatoms. The van der Waals surface area contributed by atoms with Gasteiger partial charge in [-0.05, 0) is 85.4 Å². The summed E-state index contributed by atoms with van der Waals surface area (Å²) >= 11 is 2.15. The highest BCUT2D eigenvalue weighted by Crippen LogP contribution is 2.16. The summed E-state index contributed by atoms with van der Waals surface area (Å²) in [5, 5.41) is 18.6. The fourth-order valence-corrected chi connectivity index (χ4v) is 4.93. The standard InChI is InChI=1S/C28H42O2S/c29-27-19-15-25(16-20-27)13-9-5-1-3-7-11-23-31-24-12-8-4-2-6-10-14-26-17-21-28(30)22-18-26/h15-22,29-30H,1-14,23-24H2. The topological polar surface area (TPSA) is 40.5 Å². The van der Waals surface area contributed by atoms with Crippen LogP contribution in [-0.4, -0.2) is 21.7 Å². The van der Waals surface area contributed by atoms with Crippen molar-refractivity contribution in [1.82, 2.24) is 0 Å². The highest BCUT2D eigenvalue weighted by Gasteiger charge is 1.97. The molecule has 0 fully saturated rings. The summed E-state index contributed by atoms with van der Waals surface area (Å²) in [6.07, 6.45) is 18.4. The molecule has 0 atom stereocenters. The average Bonchev–Trinajstić information content (AvgIpc) is 2.78. The minimum atomic E-state index is 0.361. The monoisotopic (exact) mass is 442 g/mol. The van der Waals surface area contributed by atoms with E-state index in [1.807, 2.05) is 24.3 Å². The molecule has 0 unspecified atom stereocenters. The molecular formula is C28H42O2S. The molecule has 172 valence electrons. The second-order valence-corrected chi connectivity index (χ2v) is 9.91. The SMILES string of the molecule is Oc1ccc(CCCCCCCCSCCCCCCCCc2ccc(O)cc2)cc1. The van der Waals surface area contributed by atoms with Crippen molar-refractivity contribution in [2.45, 2.75) is 89.9 Å². The first-order chi connectivity index (χ1) is 15.2.